The minimum absolute atomic E-state index is 0.157. The molecule has 0 spiro atoms. The number of piperidine rings is 1. The number of hydrogen-bond donors (Lipinski definition) is 1. The maximum Gasteiger partial charge on any atom is 0.251 e. The van der Waals surface area contributed by atoms with E-state index in [1.165, 1.54) is 19.3 Å². The predicted molar refractivity (Wildman–Crippen MR) is 62.3 cm³/mol. The molecule has 0 aromatic rings. The average Bonchev–Trinajstić information content (AvgIpc) is 2.83. The first-order valence-corrected chi connectivity index (χ1v) is 6.37. The van der Waals surface area contributed by atoms with Crippen molar-refractivity contribution in [3.05, 3.63) is 0 Å². The van der Waals surface area contributed by atoms with E-state index in [9.17, 15) is 4.79 Å². The van der Waals surface area contributed by atoms with Crippen molar-refractivity contribution in [2.45, 2.75) is 44.2 Å². The van der Waals surface area contributed by atoms with Crippen molar-refractivity contribution in [2.75, 3.05) is 26.7 Å². The number of carbonyl (C=O) groups excluding carboxylic acids is 1. The van der Waals surface area contributed by atoms with Crippen molar-refractivity contribution >= 4 is 5.91 Å². The Balaban J connectivity index is 1.77. The van der Waals surface area contributed by atoms with Gasteiger partial charge in [0.1, 0.15) is 6.10 Å². The Labute approximate surface area is 97.3 Å². The van der Waals surface area contributed by atoms with Crippen molar-refractivity contribution in [2.24, 2.45) is 0 Å². The molecule has 2 atom stereocenters. The zero-order valence-corrected chi connectivity index (χ0v) is 10.1. The van der Waals surface area contributed by atoms with Crippen LogP contribution in [0.4, 0.5) is 0 Å². The fraction of sp³-hybridized carbons (Fsp3) is 0.917. The van der Waals surface area contributed by atoms with E-state index >= 15 is 0 Å². The lowest BCUT2D eigenvalue weighted by molar-refractivity contribution is -0.139. The summed E-state index contributed by atoms with van der Waals surface area (Å²) in [6.07, 6.45) is 5.46. The molecule has 4 heteroatoms. The number of carbonyl (C=O) groups is 1. The Morgan fingerprint density at radius 2 is 2.25 bits per heavy atom. The Morgan fingerprint density at radius 1 is 1.38 bits per heavy atom. The molecule has 1 N–H and O–H groups in total. The standard InChI is InChI=1S/C12H22N2O2/c1-14(9-10-5-2-3-7-13-10)12(15)11-6-4-8-16-11/h10-11,13H,2-9H2,1H3. The third-order valence-corrected chi connectivity index (χ3v) is 3.49. The Hall–Kier alpha value is -0.610. The van der Waals surface area contributed by atoms with Gasteiger partial charge in [-0.15, -0.1) is 0 Å². The van der Waals surface area contributed by atoms with E-state index in [1.807, 2.05) is 11.9 Å². The topological polar surface area (TPSA) is 41.6 Å². The van der Waals surface area contributed by atoms with Gasteiger partial charge in [0.05, 0.1) is 0 Å². The van der Waals surface area contributed by atoms with E-state index in [-0.39, 0.29) is 12.0 Å². The summed E-state index contributed by atoms with van der Waals surface area (Å²) in [5, 5.41) is 3.46. The van der Waals surface area contributed by atoms with E-state index < -0.39 is 0 Å². The zero-order chi connectivity index (χ0) is 11.4. The molecule has 16 heavy (non-hydrogen) atoms. The van der Waals surface area contributed by atoms with E-state index in [4.69, 9.17) is 4.74 Å². The summed E-state index contributed by atoms with van der Waals surface area (Å²) in [6, 6.07) is 0.476. The van der Waals surface area contributed by atoms with Crippen LogP contribution >= 0.6 is 0 Å². The number of nitrogens with one attached hydrogen (secondary N) is 1. The van der Waals surface area contributed by atoms with Crippen LogP contribution in [0.5, 0.6) is 0 Å². The molecule has 0 aliphatic carbocycles. The third kappa shape index (κ3) is 2.95. The van der Waals surface area contributed by atoms with Crippen LogP contribution in [-0.4, -0.2) is 49.7 Å². The highest BCUT2D eigenvalue weighted by Crippen LogP contribution is 2.15. The second kappa shape index (κ2) is 5.64. The number of rotatable bonds is 3. The molecular formula is C12H22N2O2. The van der Waals surface area contributed by atoms with Crippen LogP contribution in [0.1, 0.15) is 32.1 Å². The summed E-state index contributed by atoms with van der Waals surface area (Å²) >= 11 is 0. The van der Waals surface area contributed by atoms with Gasteiger partial charge in [-0.25, -0.2) is 0 Å². The molecule has 2 rings (SSSR count). The second-order valence-electron chi connectivity index (χ2n) is 4.87. The quantitative estimate of drug-likeness (QED) is 0.772. The monoisotopic (exact) mass is 226 g/mol. The molecule has 4 nitrogen and oxygen atoms in total. The van der Waals surface area contributed by atoms with E-state index in [1.54, 1.807) is 0 Å². The molecular weight excluding hydrogens is 204 g/mol. The minimum Gasteiger partial charge on any atom is -0.368 e. The van der Waals surface area contributed by atoms with Crippen LogP contribution in [0.25, 0.3) is 0 Å². The van der Waals surface area contributed by atoms with Crippen LogP contribution in [0.2, 0.25) is 0 Å². The summed E-state index contributed by atoms with van der Waals surface area (Å²) in [5.41, 5.74) is 0. The van der Waals surface area contributed by atoms with Gasteiger partial charge < -0.3 is 15.0 Å². The number of likely N-dealkylation sites (N-methyl/N-ethyl adjacent to an activating group) is 1. The Kier molecular flexibility index (Phi) is 4.18. The molecule has 0 saturated carbocycles. The van der Waals surface area contributed by atoms with Crippen LogP contribution in [-0.2, 0) is 9.53 Å². The first-order valence-electron chi connectivity index (χ1n) is 6.37. The highest BCUT2D eigenvalue weighted by atomic mass is 16.5. The third-order valence-electron chi connectivity index (χ3n) is 3.49. The van der Waals surface area contributed by atoms with Gasteiger partial charge in [0.2, 0.25) is 0 Å². The van der Waals surface area contributed by atoms with E-state index in [2.05, 4.69) is 5.32 Å². The van der Waals surface area contributed by atoms with Crippen LogP contribution in [0.3, 0.4) is 0 Å². The lowest BCUT2D eigenvalue weighted by atomic mass is 10.0. The van der Waals surface area contributed by atoms with Crippen LogP contribution < -0.4 is 5.32 Å². The largest absolute Gasteiger partial charge is 0.368 e. The second-order valence-corrected chi connectivity index (χ2v) is 4.87. The highest BCUT2D eigenvalue weighted by molar-refractivity contribution is 5.80. The van der Waals surface area contributed by atoms with Crippen LogP contribution in [0, 0.1) is 0 Å². The molecule has 0 bridgehead atoms. The normalized spacial score (nSPS) is 30.3. The van der Waals surface area contributed by atoms with Crippen LogP contribution in [0.15, 0.2) is 0 Å². The molecule has 2 saturated heterocycles. The molecule has 92 valence electrons. The zero-order valence-electron chi connectivity index (χ0n) is 10.1. The molecule has 2 fully saturated rings. The predicted octanol–water partition coefficient (Wildman–Crippen LogP) is 0.766. The maximum absolute atomic E-state index is 12.0. The van der Waals surface area contributed by atoms with Gasteiger partial charge >= 0.3 is 0 Å². The lowest BCUT2D eigenvalue weighted by Crippen LogP contribution is -2.46. The first-order chi connectivity index (χ1) is 7.77. The maximum atomic E-state index is 12.0. The SMILES string of the molecule is CN(CC1CCCCN1)C(=O)C1CCCO1. The highest BCUT2D eigenvalue weighted by Gasteiger charge is 2.27. The van der Waals surface area contributed by atoms with Crippen molar-refractivity contribution < 1.29 is 9.53 Å². The number of nitrogens with zero attached hydrogens (tertiary/aromatic N) is 1. The van der Waals surface area contributed by atoms with Gasteiger partial charge in [0.25, 0.3) is 5.91 Å². The fourth-order valence-electron chi connectivity index (χ4n) is 2.52. The summed E-state index contributed by atoms with van der Waals surface area (Å²) < 4.78 is 5.41. The van der Waals surface area contributed by atoms with Crippen molar-refractivity contribution in [3.63, 3.8) is 0 Å². The Bertz CT molecular complexity index is 233. The molecule has 0 aromatic carbocycles. The number of amides is 1. The van der Waals surface area contributed by atoms with Crippen molar-refractivity contribution in [1.29, 1.82) is 0 Å². The molecule has 2 aliphatic heterocycles. The minimum atomic E-state index is -0.173. The number of hydrogen-bond acceptors (Lipinski definition) is 3. The van der Waals surface area contributed by atoms with Gasteiger partial charge in [-0.3, -0.25) is 4.79 Å². The first kappa shape index (κ1) is 11.9. The summed E-state index contributed by atoms with van der Waals surface area (Å²) in [7, 11) is 1.89. The van der Waals surface area contributed by atoms with Crippen molar-refractivity contribution in [1.82, 2.24) is 10.2 Å². The van der Waals surface area contributed by atoms with E-state index in [0.717, 1.165) is 32.5 Å². The van der Waals surface area contributed by atoms with Gasteiger partial charge in [-0.1, -0.05) is 6.42 Å². The summed E-state index contributed by atoms with van der Waals surface area (Å²) in [5.74, 6) is 0.157. The smallest absolute Gasteiger partial charge is 0.251 e. The molecule has 0 radical (unpaired) electrons. The lowest BCUT2D eigenvalue weighted by Gasteiger charge is -2.29. The summed E-state index contributed by atoms with van der Waals surface area (Å²) in [4.78, 5) is 13.8. The van der Waals surface area contributed by atoms with Crippen molar-refractivity contribution in [3.8, 4) is 0 Å². The molecule has 0 aromatic heterocycles. The fourth-order valence-corrected chi connectivity index (χ4v) is 2.52. The van der Waals surface area contributed by atoms with Gasteiger partial charge in [0.15, 0.2) is 0 Å². The van der Waals surface area contributed by atoms with Gasteiger partial charge in [-0.05, 0) is 32.2 Å². The number of ether oxygens (including phenoxy) is 1. The Morgan fingerprint density at radius 3 is 2.88 bits per heavy atom. The molecule has 2 unspecified atom stereocenters. The molecule has 2 aliphatic rings. The molecule has 2 heterocycles. The van der Waals surface area contributed by atoms with Gasteiger partial charge in [0, 0.05) is 26.2 Å². The molecule has 1 amide bonds. The average molecular weight is 226 g/mol. The van der Waals surface area contributed by atoms with E-state index in [0.29, 0.717) is 6.04 Å². The van der Waals surface area contributed by atoms with Gasteiger partial charge in [-0.2, -0.15) is 0 Å². The summed E-state index contributed by atoms with van der Waals surface area (Å²) in [6.45, 7) is 2.65.